The van der Waals surface area contributed by atoms with Gasteiger partial charge in [0.1, 0.15) is 23.5 Å². The molecular formula is C22H24ClFN4O4S. The van der Waals surface area contributed by atoms with E-state index in [1.807, 2.05) is 0 Å². The lowest BCUT2D eigenvalue weighted by molar-refractivity contribution is 0.0531. The average molecular weight is 495 g/mol. The van der Waals surface area contributed by atoms with E-state index in [9.17, 15) is 14.0 Å². The van der Waals surface area contributed by atoms with Gasteiger partial charge in [-0.25, -0.2) is 9.18 Å². The molecule has 0 saturated carbocycles. The first-order valence-electron chi connectivity index (χ1n) is 10.0. The number of rotatable bonds is 7. The normalized spacial score (nSPS) is 12.1. The van der Waals surface area contributed by atoms with Crippen molar-refractivity contribution < 1.29 is 18.7 Å². The van der Waals surface area contributed by atoms with Crippen LogP contribution in [0.25, 0.3) is 11.0 Å². The van der Waals surface area contributed by atoms with Crippen LogP contribution in [0.1, 0.15) is 26.3 Å². The minimum atomic E-state index is -0.658. The molecule has 0 aliphatic carbocycles. The largest absolute Gasteiger partial charge is 0.488 e. The Kier molecular flexibility index (Phi) is 7.60. The zero-order valence-corrected chi connectivity index (χ0v) is 19.9. The molecular weight excluding hydrogens is 471 g/mol. The molecule has 2 heterocycles. The van der Waals surface area contributed by atoms with Crippen molar-refractivity contribution in [3.63, 3.8) is 0 Å². The zero-order valence-electron chi connectivity index (χ0n) is 18.3. The lowest BCUT2D eigenvalue weighted by atomic mass is 10.2. The first-order chi connectivity index (χ1) is 15.6. The number of nitrogens with one attached hydrogen (secondary N) is 3. The number of carbonyl (C=O) groups excluding carboxylic acids is 1. The summed E-state index contributed by atoms with van der Waals surface area (Å²) in [6.07, 6.45) is 1.38. The molecule has 1 aromatic carbocycles. The Morgan fingerprint density at radius 3 is 2.79 bits per heavy atom. The van der Waals surface area contributed by atoms with Crippen LogP contribution in [-0.4, -0.2) is 39.4 Å². The topological polar surface area (TPSA) is 101 Å². The van der Waals surface area contributed by atoms with E-state index in [1.165, 1.54) is 0 Å². The summed E-state index contributed by atoms with van der Waals surface area (Å²) >= 11 is 11.6. The predicted molar refractivity (Wildman–Crippen MR) is 127 cm³/mol. The standard InChI is InChI=1S/C22H24ClFN4O4S/c1-22(2,3)32-21(30)26-10-14(9-24)12-31-17-8-13(4-5-15(17)23)11-28-16-6-7-25-18(16)19(29)27-20(28)33/h4-9,25H,10-12H2,1-3H3,(H,26,30)(H,27,29,33)/b14-9+. The molecule has 0 radical (unpaired) electrons. The van der Waals surface area contributed by atoms with Crippen molar-refractivity contribution in [1.29, 1.82) is 0 Å². The second kappa shape index (κ2) is 10.2. The number of aromatic nitrogens is 3. The van der Waals surface area contributed by atoms with Crippen molar-refractivity contribution >= 4 is 40.9 Å². The van der Waals surface area contributed by atoms with Crippen molar-refractivity contribution in [1.82, 2.24) is 19.9 Å². The molecule has 0 saturated heterocycles. The van der Waals surface area contributed by atoms with Crippen LogP contribution in [0.15, 0.2) is 47.2 Å². The molecule has 0 fully saturated rings. The number of H-pyrrole nitrogens is 2. The Morgan fingerprint density at radius 2 is 2.09 bits per heavy atom. The monoisotopic (exact) mass is 494 g/mol. The highest BCUT2D eigenvalue weighted by Gasteiger charge is 2.16. The summed E-state index contributed by atoms with van der Waals surface area (Å²) in [5.74, 6) is 0.340. The Morgan fingerprint density at radius 1 is 1.33 bits per heavy atom. The van der Waals surface area contributed by atoms with E-state index < -0.39 is 11.7 Å². The summed E-state index contributed by atoms with van der Waals surface area (Å²) in [7, 11) is 0. The molecule has 3 aromatic rings. The summed E-state index contributed by atoms with van der Waals surface area (Å²) < 4.78 is 26.2. The predicted octanol–water partition coefficient (Wildman–Crippen LogP) is 4.85. The third kappa shape index (κ3) is 6.45. The number of alkyl carbamates (subject to hydrolysis) is 1. The number of fused-ring (bicyclic) bond motifs is 1. The van der Waals surface area contributed by atoms with Gasteiger partial charge in [-0.15, -0.1) is 0 Å². The summed E-state index contributed by atoms with van der Waals surface area (Å²) in [6, 6.07) is 6.94. The van der Waals surface area contributed by atoms with Crippen molar-refractivity contribution in [2.75, 3.05) is 13.2 Å². The number of aromatic amines is 2. The first-order valence-corrected chi connectivity index (χ1v) is 10.8. The number of benzene rings is 1. The maximum atomic E-state index is 13.3. The van der Waals surface area contributed by atoms with Crippen LogP contribution in [-0.2, 0) is 11.3 Å². The number of amides is 1. The molecule has 0 atom stereocenters. The second-order valence-electron chi connectivity index (χ2n) is 8.26. The Labute approximate surface area is 199 Å². The first kappa shape index (κ1) is 24.5. The number of hydrogen-bond donors (Lipinski definition) is 3. The molecule has 3 rings (SSSR count). The van der Waals surface area contributed by atoms with Gasteiger partial charge in [0.15, 0.2) is 4.77 Å². The van der Waals surface area contributed by atoms with Gasteiger partial charge < -0.3 is 24.3 Å². The molecule has 8 nitrogen and oxygen atoms in total. The fraction of sp³-hybridized carbons (Fsp3) is 0.318. The molecule has 0 bridgehead atoms. The molecule has 176 valence electrons. The van der Waals surface area contributed by atoms with Gasteiger partial charge in [0.05, 0.1) is 23.4 Å². The quantitative estimate of drug-likeness (QED) is 0.408. The van der Waals surface area contributed by atoms with E-state index in [0.717, 1.165) is 5.56 Å². The molecule has 0 aliphatic heterocycles. The van der Waals surface area contributed by atoms with E-state index in [0.29, 0.717) is 34.7 Å². The van der Waals surface area contributed by atoms with E-state index in [4.69, 9.17) is 33.3 Å². The summed E-state index contributed by atoms with van der Waals surface area (Å²) in [6.45, 7) is 5.34. The number of ether oxygens (including phenoxy) is 2. The average Bonchev–Trinajstić information content (AvgIpc) is 3.22. The van der Waals surface area contributed by atoms with Crippen LogP contribution in [0.3, 0.4) is 0 Å². The molecule has 0 spiro atoms. The molecule has 3 N–H and O–H groups in total. The van der Waals surface area contributed by atoms with Gasteiger partial charge in [0.25, 0.3) is 5.56 Å². The van der Waals surface area contributed by atoms with Crippen LogP contribution in [0.5, 0.6) is 5.75 Å². The Balaban J connectivity index is 1.70. The van der Waals surface area contributed by atoms with Crippen LogP contribution < -0.4 is 15.6 Å². The molecule has 0 unspecified atom stereocenters. The highest BCUT2D eigenvalue weighted by atomic mass is 35.5. The minimum absolute atomic E-state index is 0.0826. The Hall–Kier alpha value is -3.11. The summed E-state index contributed by atoms with van der Waals surface area (Å²) in [5.41, 5.74) is 1.13. The van der Waals surface area contributed by atoms with Gasteiger partial charge in [-0.2, -0.15) is 0 Å². The number of halogens is 2. The van der Waals surface area contributed by atoms with Crippen LogP contribution in [0, 0.1) is 4.77 Å². The lowest BCUT2D eigenvalue weighted by Crippen LogP contribution is -2.34. The van der Waals surface area contributed by atoms with Crippen molar-refractivity contribution in [3.8, 4) is 5.75 Å². The maximum Gasteiger partial charge on any atom is 0.407 e. The van der Waals surface area contributed by atoms with E-state index in [2.05, 4.69) is 15.3 Å². The van der Waals surface area contributed by atoms with E-state index in [1.54, 1.807) is 55.8 Å². The number of nitrogens with zero attached hydrogens (tertiary/aromatic N) is 1. The van der Waals surface area contributed by atoms with E-state index in [-0.39, 0.29) is 29.1 Å². The van der Waals surface area contributed by atoms with E-state index >= 15 is 0 Å². The number of hydrogen-bond acceptors (Lipinski definition) is 5. The van der Waals surface area contributed by atoms with Crippen molar-refractivity contribution in [2.24, 2.45) is 0 Å². The van der Waals surface area contributed by atoms with Crippen LogP contribution >= 0.6 is 23.8 Å². The van der Waals surface area contributed by atoms with Gasteiger partial charge >= 0.3 is 6.09 Å². The highest BCUT2D eigenvalue weighted by Crippen LogP contribution is 2.27. The van der Waals surface area contributed by atoms with Gasteiger partial charge in [-0.05, 0) is 56.8 Å². The third-order valence-corrected chi connectivity index (χ3v) is 5.11. The van der Waals surface area contributed by atoms with Gasteiger partial charge in [0, 0.05) is 18.3 Å². The summed E-state index contributed by atoms with van der Waals surface area (Å²) in [5, 5.41) is 2.82. The van der Waals surface area contributed by atoms with Gasteiger partial charge in [-0.3, -0.25) is 9.78 Å². The minimum Gasteiger partial charge on any atom is -0.488 e. The molecule has 0 aliphatic rings. The highest BCUT2D eigenvalue weighted by molar-refractivity contribution is 7.71. The second-order valence-corrected chi connectivity index (χ2v) is 9.05. The third-order valence-electron chi connectivity index (χ3n) is 4.47. The molecule has 11 heteroatoms. The summed E-state index contributed by atoms with van der Waals surface area (Å²) in [4.78, 5) is 29.3. The molecule has 2 aromatic heterocycles. The Bertz CT molecular complexity index is 1310. The molecule has 33 heavy (non-hydrogen) atoms. The van der Waals surface area contributed by atoms with Crippen molar-refractivity contribution in [3.05, 3.63) is 68.1 Å². The van der Waals surface area contributed by atoms with Crippen LogP contribution in [0.2, 0.25) is 5.02 Å². The number of carbonyl (C=O) groups is 1. The van der Waals surface area contributed by atoms with Gasteiger partial charge in [-0.1, -0.05) is 17.7 Å². The lowest BCUT2D eigenvalue weighted by Gasteiger charge is -2.20. The van der Waals surface area contributed by atoms with Crippen molar-refractivity contribution in [2.45, 2.75) is 32.9 Å². The fourth-order valence-corrected chi connectivity index (χ4v) is 3.42. The SMILES string of the molecule is CC(C)(C)OC(=O)NC/C(=C\F)COc1cc(Cn2c(=S)[nH]c(=O)c3[nH]ccc32)ccc1Cl. The zero-order chi connectivity index (χ0) is 24.2. The van der Waals surface area contributed by atoms with Crippen LogP contribution in [0.4, 0.5) is 9.18 Å². The fourth-order valence-electron chi connectivity index (χ4n) is 2.99. The molecule has 1 amide bonds. The smallest absolute Gasteiger partial charge is 0.407 e. The maximum absolute atomic E-state index is 13.3. The van der Waals surface area contributed by atoms with Gasteiger partial charge in [0.2, 0.25) is 0 Å².